The highest BCUT2D eigenvalue weighted by molar-refractivity contribution is 5.92. The van der Waals surface area contributed by atoms with Crippen molar-refractivity contribution < 1.29 is 9.53 Å². The summed E-state index contributed by atoms with van der Waals surface area (Å²) >= 11 is 0. The Balaban J connectivity index is 2.00. The van der Waals surface area contributed by atoms with Gasteiger partial charge < -0.3 is 10.1 Å². The molecule has 1 aromatic carbocycles. The third-order valence-corrected chi connectivity index (χ3v) is 4.41. The molecule has 0 aromatic heterocycles. The molecule has 1 aromatic rings. The predicted molar refractivity (Wildman–Crippen MR) is 91.1 cm³/mol. The lowest BCUT2D eigenvalue weighted by Gasteiger charge is -2.14. The van der Waals surface area contributed by atoms with Gasteiger partial charge in [-0.15, -0.1) is 0 Å². The molecule has 2 rings (SSSR count). The van der Waals surface area contributed by atoms with Crippen molar-refractivity contribution in [1.82, 2.24) is 5.32 Å². The summed E-state index contributed by atoms with van der Waals surface area (Å²) in [6.45, 7) is 4.08. The molecule has 3 heteroatoms. The molecule has 1 fully saturated rings. The fourth-order valence-corrected chi connectivity index (χ4v) is 3.15. The van der Waals surface area contributed by atoms with Crippen molar-refractivity contribution in [1.29, 1.82) is 0 Å². The van der Waals surface area contributed by atoms with E-state index in [1.165, 1.54) is 25.7 Å². The number of carbonyl (C=O) groups is 1. The van der Waals surface area contributed by atoms with Crippen molar-refractivity contribution in [2.24, 2.45) is 0 Å². The van der Waals surface area contributed by atoms with Crippen LogP contribution in [0.2, 0.25) is 0 Å². The largest absolute Gasteiger partial charge is 0.497 e. The molecule has 0 heterocycles. The number of aryl methyl sites for hydroxylation is 2. The number of nitrogens with one attached hydrogen (secondary N) is 1. The van der Waals surface area contributed by atoms with Gasteiger partial charge in [-0.2, -0.15) is 0 Å². The lowest BCUT2D eigenvalue weighted by Crippen LogP contribution is -2.33. The molecule has 0 spiro atoms. The zero-order valence-electron chi connectivity index (χ0n) is 13.9. The number of amides is 1. The summed E-state index contributed by atoms with van der Waals surface area (Å²) in [6, 6.07) is 4.34. The number of hydrogen-bond donors (Lipinski definition) is 1. The van der Waals surface area contributed by atoms with Crippen LogP contribution >= 0.6 is 0 Å². The van der Waals surface area contributed by atoms with Crippen molar-refractivity contribution in [2.45, 2.75) is 58.4 Å². The van der Waals surface area contributed by atoms with Crippen LogP contribution in [0.15, 0.2) is 18.2 Å². The smallest absolute Gasteiger partial charge is 0.244 e. The minimum absolute atomic E-state index is 0.0153. The van der Waals surface area contributed by atoms with Crippen molar-refractivity contribution in [2.75, 3.05) is 7.11 Å². The van der Waals surface area contributed by atoms with Gasteiger partial charge in [0.05, 0.1) is 7.11 Å². The Hall–Kier alpha value is -1.77. The van der Waals surface area contributed by atoms with E-state index in [0.29, 0.717) is 6.04 Å². The van der Waals surface area contributed by atoms with Crippen LogP contribution in [0.3, 0.4) is 0 Å². The quantitative estimate of drug-likeness (QED) is 0.670. The van der Waals surface area contributed by atoms with E-state index in [0.717, 1.165) is 35.3 Å². The van der Waals surface area contributed by atoms with Crippen LogP contribution in [0.4, 0.5) is 0 Å². The van der Waals surface area contributed by atoms with Crippen molar-refractivity contribution in [3.63, 3.8) is 0 Å². The fourth-order valence-electron chi connectivity index (χ4n) is 3.15. The van der Waals surface area contributed by atoms with Gasteiger partial charge in [0.1, 0.15) is 5.75 Å². The topological polar surface area (TPSA) is 38.3 Å². The lowest BCUT2D eigenvalue weighted by molar-refractivity contribution is -0.117. The van der Waals surface area contributed by atoms with Crippen molar-refractivity contribution in [3.8, 4) is 5.75 Å². The maximum absolute atomic E-state index is 12.1. The van der Waals surface area contributed by atoms with E-state index in [1.807, 2.05) is 32.1 Å². The molecule has 0 atom stereocenters. The molecule has 1 aliphatic carbocycles. The SMILES string of the molecule is COc1cc(C)c(/C=C/C(=O)NC2CCCCCC2)c(C)c1. The highest BCUT2D eigenvalue weighted by Gasteiger charge is 2.13. The molecule has 1 amide bonds. The number of rotatable bonds is 4. The monoisotopic (exact) mass is 301 g/mol. The number of ether oxygens (including phenoxy) is 1. The van der Waals surface area contributed by atoms with Crippen LogP contribution in [-0.4, -0.2) is 19.1 Å². The Morgan fingerprint density at radius 2 is 1.73 bits per heavy atom. The van der Waals surface area contributed by atoms with Gasteiger partial charge in [-0.05, 0) is 61.6 Å². The molecule has 3 nitrogen and oxygen atoms in total. The number of carbonyl (C=O) groups excluding carboxylic acids is 1. The first kappa shape index (κ1) is 16.6. The zero-order valence-corrected chi connectivity index (χ0v) is 13.9. The first-order chi connectivity index (χ1) is 10.6. The highest BCUT2D eigenvalue weighted by atomic mass is 16.5. The maximum atomic E-state index is 12.1. The van der Waals surface area contributed by atoms with Gasteiger partial charge >= 0.3 is 0 Å². The summed E-state index contributed by atoms with van der Waals surface area (Å²) < 4.78 is 5.27. The molecule has 0 bridgehead atoms. The Morgan fingerprint density at radius 1 is 1.14 bits per heavy atom. The Morgan fingerprint density at radius 3 is 2.27 bits per heavy atom. The first-order valence-corrected chi connectivity index (χ1v) is 8.24. The van der Waals surface area contributed by atoms with Crippen LogP contribution < -0.4 is 10.1 Å². The summed E-state index contributed by atoms with van der Waals surface area (Å²) in [6.07, 6.45) is 10.8. The van der Waals surface area contributed by atoms with Crippen LogP contribution in [0.25, 0.3) is 6.08 Å². The fraction of sp³-hybridized carbons (Fsp3) is 0.526. The molecule has 0 aliphatic heterocycles. The average molecular weight is 301 g/mol. The second-order valence-electron chi connectivity index (χ2n) is 6.21. The third kappa shape index (κ3) is 4.62. The van der Waals surface area contributed by atoms with Crippen molar-refractivity contribution in [3.05, 3.63) is 34.9 Å². The molecular weight excluding hydrogens is 274 g/mol. The van der Waals surface area contributed by atoms with Crippen LogP contribution in [0.1, 0.15) is 55.2 Å². The van der Waals surface area contributed by atoms with Gasteiger partial charge in [-0.25, -0.2) is 0 Å². The van der Waals surface area contributed by atoms with E-state index in [2.05, 4.69) is 5.32 Å². The average Bonchev–Trinajstić information content (AvgIpc) is 2.74. The van der Waals surface area contributed by atoms with E-state index in [1.54, 1.807) is 13.2 Å². The molecular formula is C19H27NO2. The standard InChI is InChI=1S/C19H27NO2/c1-14-12-17(22-3)13-15(2)18(14)10-11-19(21)20-16-8-6-4-5-7-9-16/h10-13,16H,4-9H2,1-3H3,(H,20,21)/b11-10+. The highest BCUT2D eigenvalue weighted by Crippen LogP contribution is 2.23. The summed E-state index contributed by atoms with van der Waals surface area (Å²) in [5.74, 6) is 0.872. The Kier molecular flexibility index (Phi) is 6.05. The first-order valence-electron chi connectivity index (χ1n) is 8.24. The van der Waals surface area contributed by atoms with Crippen molar-refractivity contribution >= 4 is 12.0 Å². The molecule has 1 saturated carbocycles. The molecule has 1 aliphatic rings. The number of hydrogen-bond acceptors (Lipinski definition) is 2. The van der Waals surface area contributed by atoms with Crippen LogP contribution in [-0.2, 0) is 4.79 Å². The Bertz CT molecular complexity index is 517. The zero-order chi connectivity index (χ0) is 15.9. The normalized spacial score (nSPS) is 16.5. The molecule has 22 heavy (non-hydrogen) atoms. The molecule has 1 N–H and O–H groups in total. The molecule has 120 valence electrons. The second kappa shape index (κ2) is 8.02. The summed E-state index contributed by atoms with van der Waals surface area (Å²) in [4.78, 5) is 12.1. The van der Waals surface area contributed by atoms with Crippen LogP contribution in [0, 0.1) is 13.8 Å². The number of methoxy groups -OCH3 is 1. The van der Waals surface area contributed by atoms with Gasteiger partial charge in [0, 0.05) is 12.1 Å². The lowest BCUT2D eigenvalue weighted by atomic mass is 10.0. The van der Waals surface area contributed by atoms with E-state index in [-0.39, 0.29) is 5.91 Å². The summed E-state index contributed by atoms with van der Waals surface area (Å²) in [7, 11) is 1.67. The van der Waals surface area contributed by atoms with E-state index >= 15 is 0 Å². The molecule has 0 unspecified atom stereocenters. The third-order valence-electron chi connectivity index (χ3n) is 4.41. The maximum Gasteiger partial charge on any atom is 0.244 e. The summed E-state index contributed by atoms with van der Waals surface area (Å²) in [5.41, 5.74) is 3.34. The van der Waals surface area contributed by atoms with Crippen LogP contribution in [0.5, 0.6) is 5.75 Å². The summed E-state index contributed by atoms with van der Waals surface area (Å²) in [5, 5.41) is 3.14. The van der Waals surface area contributed by atoms with E-state index in [4.69, 9.17) is 4.74 Å². The van der Waals surface area contributed by atoms with Gasteiger partial charge in [0.25, 0.3) is 0 Å². The van der Waals surface area contributed by atoms with Gasteiger partial charge in [-0.3, -0.25) is 4.79 Å². The second-order valence-corrected chi connectivity index (χ2v) is 6.21. The van der Waals surface area contributed by atoms with E-state index in [9.17, 15) is 4.79 Å². The molecule has 0 saturated heterocycles. The Labute approximate surface area is 133 Å². The minimum Gasteiger partial charge on any atom is -0.497 e. The predicted octanol–water partition coefficient (Wildman–Crippen LogP) is 4.16. The number of benzene rings is 1. The minimum atomic E-state index is 0.0153. The van der Waals surface area contributed by atoms with Gasteiger partial charge in [-0.1, -0.05) is 25.7 Å². The van der Waals surface area contributed by atoms with Gasteiger partial charge in [0.15, 0.2) is 0 Å². The van der Waals surface area contributed by atoms with E-state index < -0.39 is 0 Å². The van der Waals surface area contributed by atoms with Gasteiger partial charge in [0.2, 0.25) is 5.91 Å². The molecule has 0 radical (unpaired) electrons.